The molecule has 0 fully saturated rings. The number of oxime groups is 1. The highest BCUT2D eigenvalue weighted by Gasteiger charge is 2.00. The van der Waals surface area contributed by atoms with Crippen molar-refractivity contribution in [2.24, 2.45) is 5.16 Å². The third-order valence-corrected chi connectivity index (χ3v) is 2.97. The lowest BCUT2D eigenvalue weighted by Crippen LogP contribution is -1.82. The van der Waals surface area contributed by atoms with Crippen LogP contribution in [0.4, 0.5) is 0 Å². The zero-order chi connectivity index (χ0) is 9.10. The summed E-state index contributed by atoms with van der Waals surface area (Å²) in [6.45, 7) is 0. The summed E-state index contributed by atoms with van der Waals surface area (Å²) < 4.78 is 1.28. The fourth-order valence-corrected chi connectivity index (χ4v) is 2.31. The minimum Gasteiger partial charge on any atom is -0.411 e. The molecule has 2 nitrogen and oxygen atoms in total. The molecule has 1 heterocycles. The summed E-state index contributed by atoms with van der Waals surface area (Å²) in [7, 11) is 0. The molecule has 0 saturated heterocycles. The Morgan fingerprint density at radius 3 is 3.08 bits per heavy atom. The van der Waals surface area contributed by atoms with E-state index in [0.717, 1.165) is 0 Å². The van der Waals surface area contributed by atoms with E-state index < -0.39 is 0 Å². The molecular weight excluding hydrogens is 182 g/mol. The van der Waals surface area contributed by atoms with Crippen LogP contribution in [0.1, 0.15) is 5.56 Å². The number of hydrogen-bond acceptors (Lipinski definition) is 3. The quantitative estimate of drug-likeness (QED) is 0.442. The van der Waals surface area contributed by atoms with E-state index in [1.807, 2.05) is 12.1 Å². The second kappa shape index (κ2) is 3.58. The lowest BCUT2D eigenvalue weighted by atomic mass is 10.1. The Balaban J connectivity index is 2.45. The normalized spacial score (nSPS) is 11.4. The molecule has 0 bridgehead atoms. The van der Waals surface area contributed by atoms with E-state index in [-0.39, 0.29) is 0 Å². The molecule has 3 heteroatoms. The Kier molecular flexibility index (Phi) is 2.27. The minimum absolute atomic E-state index is 0.695. The smallest absolute Gasteiger partial charge is 0.0480 e. The van der Waals surface area contributed by atoms with Crippen molar-refractivity contribution < 1.29 is 5.21 Å². The van der Waals surface area contributed by atoms with Crippen molar-refractivity contribution in [2.75, 3.05) is 0 Å². The van der Waals surface area contributed by atoms with Crippen LogP contribution in [0.5, 0.6) is 0 Å². The maximum absolute atomic E-state index is 8.31. The van der Waals surface area contributed by atoms with Crippen LogP contribution < -0.4 is 0 Å². The van der Waals surface area contributed by atoms with Gasteiger partial charge in [0, 0.05) is 17.3 Å². The average Bonchev–Trinajstić information content (AvgIpc) is 2.58. The number of nitrogens with zero attached hydrogens (tertiary/aromatic N) is 1. The molecule has 2 rings (SSSR count). The van der Waals surface area contributed by atoms with Crippen LogP contribution in [0, 0.1) is 0 Å². The van der Waals surface area contributed by atoms with Crippen molar-refractivity contribution >= 4 is 27.6 Å². The van der Waals surface area contributed by atoms with Gasteiger partial charge in [-0.15, -0.1) is 16.5 Å². The van der Waals surface area contributed by atoms with Gasteiger partial charge in [0.25, 0.3) is 0 Å². The molecular formula is C10H9NOS. The van der Waals surface area contributed by atoms with Gasteiger partial charge in [-0.3, -0.25) is 0 Å². The summed E-state index contributed by atoms with van der Waals surface area (Å²) in [4.78, 5) is 0. The molecule has 0 atom stereocenters. The average molecular weight is 191 g/mol. The van der Waals surface area contributed by atoms with Crippen LogP contribution >= 0.6 is 11.3 Å². The Morgan fingerprint density at radius 1 is 1.38 bits per heavy atom. The molecule has 0 aliphatic heterocycles. The monoisotopic (exact) mass is 191 g/mol. The molecule has 13 heavy (non-hydrogen) atoms. The van der Waals surface area contributed by atoms with Crippen LogP contribution in [-0.4, -0.2) is 11.4 Å². The third kappa shape index (κ3) is 1.55. The van der Waals surface area contributed by atoms with Gasteiger partial charge in [0.1, 0.15) is 0 Å². The summed E-state index contributed by atoms with van der Waals surface area (Å²) in [6.07, 6.45) is 2.20. The Bertz CT molecular complexity index is 433. The second-order valence-corrected chi connectivity index (χ2v) is 3.67. The van der Waals surface area contributed by atoms with Gasteiger partial charge in [-0.1, -0.05) is 18.2 Å². The topological polar surface area (TPSA) is 32.6 Å². The van der Waals surface area contributed by atoms with Crippen molar-refractivity contribution in [1.29, 1.82) is 0 Å². The molecule has 0 amide bonds. The fourth-order valence-electron chi connectivity index (χ4n) is 1.33. The first-order valence-corrected chi connectivity index (χ1v) is 4.91. The Morgan fingerprint density at radius 2 is 2.23 bits per heavy atom. The van der Waals surface area contributed by atoms with Crippen LogP contribution in [0.25, 0.3) is 10.1 Å². The zero-order valence-corrected chi connectivity index (χ0v) is 7.79. The molecule has 0 spiro atoms. The van der Waals surface area contributed by atoms with Gasteiger partial charge < -0.3 is 5.21 Å². The van der Waals surface area contributed by atoms with Crippen molar-refractivity contribution in [3.05, 3.63) is 35.2 Å². The van der Waals surface area contributed by atoms with Crippen molar-refractivity contribution in [3.8, 4) is 0 Å². The largest absolute Gasteiger partial charge is 0.411 e. The van der Waals surface area contributed by atoms with Crippen LogP contribution in [-0.2, 0) is 6.42 Å². The fraction of sp³-hybridized carbons (Fsp3) is 0.100. The first-order valence-electron chi connectivity index (χ1n) is 4.03. The lowest BCUT2D eigenvalue weighted by Gasteiger charge is -1.91. The third-order valence-electron chi connectivity index (χ3n) is 1.95. The second-order valence-electron chi connectivity index (χ2n) is 2.76. The SMILES string of the molecule is ON=CCc1csc2ccccc12. The highest BCUT2D eigenvalue weighted by atomic mass is 32.1. The number of hydrogen-bond donors (Lipinski definition) is 1. The van der Waals surface area contributed by atoms with Gasteiger partial charge in [-0.2, -0.15) is 0 Å². The summed E-state index contributed by atoms with van der Waals surface area (Å²) in [5.74, 6) is 0. The van der Waals surface area contributed by atoms with Crippen LogP contribution in [0.15, 0.2) is 34.8 Å². The lowest BCUT2D eigenvalue weighted by molar-refractivity contribution is 0.321. The molecule has 1 aromatic heterocycles. The molecule has 0 unspecified atom stereocenters. The first-order chi connectivity index (χ1) is 6.42. The molecule has 0 aliphatic rings. The predicted octanol–water partition coefficient (Wildman–Crippen LogP) is 2.90. The highest BCUT2D eigenvalue weighted by molar-refractivity contribution is 7.17. The standard InChI is InChI=1S/C10H9NOS/c12-11-6-5-8-7-13-10-4-2-1-3-9(8)10/h1-4,6-7,12H,5H2. The van der Waals surface area contributed by atoms with Gasteiger partial charge in [0.15, 0.2) is 0 Å². The van der Waals surface area contributed by atoms with Crippen molar-refractivity contribution in [1.82, 2.24) is 0 Å². The number of fused-ring (bicyclic) bond motifs is 1. The number of thiophene rings is 1. The number of rotatable bonds is 2. The van der Waals surface area contributed by atoms with Crippen molar-refractivity contribution in [3.63, 3.8) is 0 Å². The minimum atomic E-state index is 0.695. The van der Waals surface area contributed by atoms with Gasteiger partial charge in [-0.25, -0.2) is 0 Å². The van der Waals surface area contributed by atoms with Gasteiger partial charge in [0.05, 0.1) is 0 Å². The highest BCUT2D eigenvalue weighted by Crippen LogP contribution is 2.25. The summed E-state index contributed by atoms with van der Waals surface area (Å²) >= 11 is 1.72. The molecule has 0 aliphatic carbocycles. The molecule has 2 aromatic rings. The molecule has 0 radical (unpaired) electrons. The summed E-state index contributed by atoms with van der Waals surface area (Å²) in [6, 6.07) is 8.24. The Labute approximate surface area is 80.1 Å². The molecule has 1 N–H and O–H groups in total. The van der Waals surface area contributed by atoms with Crippen LogP contribution in [0.2, 0.25) is 0 Å². The molecule has 66 valence electrons. The summed E-state index contributed by atoms with van der Waals surface area (Å²) in [5.41, 5.74) is 1.22. The van der Waals surface area contributed by atoms with E-state index in [9.17, 15) is 0 Å². The number of benzene rings is 1. The van der Waals surface area contributed by atoms with E-state index in [4.69, 9.17) is 5.21 Å². The maximum Gasteiger partial charge on any atom is 0.0480 e. The van der Waals surface area contributed by atoms with E-state index in [1.165, 1.54) is 21.9 Å². The van der Waals surface area contributed by atoms with Gasteiger partial charge in [-0.05, 0) is 22.4 Å². The summed E-state index contributed by atoms with van der Waals surface area (Å²) in [5, 5.41) is 14.7. The Hall–Kier alpha value is -1.35. The zero-order valence-electron chi connectivity index (χ0n) is 6.97. The van der Waals surface area contributed by atoms with Crippen LogP contribution in [0.3, 0.4) is 0 Å². The molecule has 0 saturated carbocycles. The molecule has 1 aromatic carbocycles. The van der Waals surface area contributed by atoms with E-state index in [0.29, 0.717) is 6.42 Å². The first kappa shape index (κ1) is 8.26. The predicted molar refractivity (Wildman–Crippen MR) is 55.8 cm³/mol. The van der Waals surface area contributed by atoms with E-state index in [1.54, 1.807) is 11.3 Å². The van der Waals surface area contributed by atoms with E-state index >= 15 is 0 Å². The van der Waals surface area contributed by atoms with E-state index in [2.05, 4.69) is 22.7 Å². The van der Waals surface area contributed by atoms with Gasteiger partial charge in [0.2, 0.25) is 0 Å². The van der Waals surface area contributed by atoms with Crippen molar-refractivity contribution in [2.45, 2.75) is 6.42 Å². The maximum atomic E-state index is 8.31. The van der Waals surface area contributed by atoms with Gasteiger partial charge >= 0.3 is 0 Å².